The molecule has 0 radical (unpaired) electrons. The fourth-order valence-electron chi connectivity index (χ4n) is 1.61. The number of aromatic nitrogens is 1. The number of rotatable bonds is 1. The van der Waals surface area contributed by atoms with Crippen molar-refractivity contribution in [1.82, 2.24) is 4.98 Å². The molecule has 0 spiro atoms. The Hall–Kier alpha value is -1.84. The van der Waals surface area contributed by atoms with Crippen LogP contribution in [-0.4, -0.2) is 16.7 Å². The Balaban J connectivity index is 2.04. The fourth-order valence-corrected chi connectivity index (χ4v) is 1.61. The molecule has 0 aliphatic heterocycles. The summed E-state index contributed by atoms with van der Waals surface area (Å²) >= 11 is 0. The molecule has 1 heterocycles. The molecule has 0 bridgehead atoms. The zero-order valence-electron chi connectivity index (χ0n) is 10.3. The summed E-state index contributed by atoms with van der Waals surface area (Å²) in [5.74, 6) is 0.518. The van der Waals surface area contributed by atoms with Crippen LogP contribution >= 0.6 is 0 Å². The van der Waals surface area contributed by atoms with Crippen LogP contribution in [0.4, 0.5) is 10.6 Å². The summed E-state index contributed by atoms with van der Waals surface area (Å²) in [5.41, 5.74) is 1.78. The third-order valence-electron chi connectivity index (χ3n) is 2.29. The molecule has 0 saturated heterocycles. The molecule has 1 aliphatic carbocycles. The summed E-state index contributed by atoms with van der Waals surface area (Å²) in [7, 11) is 0. The lowest BCUT2D eigenvalue weighted by molar-refractivity contribution is 0.0635. The van der Waals surface area contributed by atoms with Gasteiger partial charge in [0.05, 0.1) is 0 Å². The van der Waals surface area contributed by atoms with Crippen molar-refractivity contribution in [2.24, 2.45) is 0 Å². The fraction of sp³-hybridized carbons (Fsp3) is 0.385. The molecular formula is C13H16N2O2. The SMILES string of the molecule is CC(C)(C)OC(=O)Nc1cc2c(cn1)CC=C2. The van der Waals surface area contributed by atoms with Gasteiger partial charge in [-0.2, -0.15) is 0 Å². The first-order valence-corrected chi connectivity index (χ1v) is 5.59. The van der Waals surface area contributed by atoms with E-state index < -0.39 is 11.7 Å². The predicted octanol–water partition coefficient (Wildman–Crippen LogP) is 3.00. The normalized spacial score (nSPS) is 13.4. The molecule has 1 aromatic heterocycles. The molecule has 1 aliphatic rings. The van der Waals surface area contributed by atoms with Gasteiger partial charge < -0.3 is 4.74 Å². The number of carbonyl (C=O) groups is 1. The maximum Gasteiger partial charge on any atom is 0.413 e. The molecule has 1 aromatic rings. The van der Waals surface area contributed by atoms with Gasteiger partial charge >= 0.3 is 6.09 Å². The van der Waals surface area contributed by atoms with Gasteiger partial charge in [-0.05, 0) is 44.4 Å². The van der Waals surface area contributed by atoms with Crippen molar-refractivity contribution in [3.05, 3.63) is 29.5 Å². The summed E-state index contributed by atoms with van der Waals surface area (Å²) in [6, 6.07) is 1.85. The van der Waals surface area contributed by atoms with Crippen LogP contribution < -0.4 is 5.32 Å². The topological polar surface area (TPSA) is 51.2 Å². The highest BCUT2D eigenvalue weighted by molar-refractivity contribution is 5.84. The number of allylic oxidation sites excluding steroid dienone is 1. The van der Waals surface area contributed by atoms with E-state index in [1.54, 1.807) is 6.20 Å². The first-order chi connectivity index (χ1) is 7.94. The quantitative estimate of drug-likeness (QED) is 0.809. The lowest BCUT2D eigenvalue weighted by Crippen LogP contribution is -2.27. The molecule has 90 valence electrons. The number of fused-ring (bicyclic) bond motifs is 1. The van der Waals surface area contributed by atoms with E-state index in [0.29, 0.717) is 5.82 Å². The molecule has 1 N–H and O–H groups in total. The summed E-state index contributed by atoms with van der Waals surface area (Å²) in [6.07, 6.45) is 6.31. The van der Waals surface area contributed by atoms with Crippen molar-refractivity contribution >= 4 is 18.0 Å². The Morgan fingerprint density at radius 1 is 1.47 bits per heavy atom. The molecular weight excluding hydrogens is 216 g/mol. The van der Waals surface area contributed by atoms with Gasteiger partial charge in [-0.3, -0.25) is 5.32 Å². The highest BCUT2D eigenvalue weighted by Gasteiger charge is 2.17. The third-order valence-corrected chi connectivity index (χ3v) is 2.29. The second-order valence-electron chi connectivity index (χ2n) is 5.00. The van der Waals surface area contributed by atoms with Crippen LogP contribution in [0, 0.1) is 0 Å². The van der Waals surface area contributed by atoms with Crippen molar-refractivity contribution in [1.29, 1.82) is 0 Å². The standard InChI is InChI=1S/C13H16N2O2/c1-13(2,3)17-12(16)15-11-7-9-5-4-6-10(9)8-14-11/h4-5,7-8H,6H2,1-3H3,(H,14,15,16). The van der Waals surface area contributed by atoms with Crippen LogP contribution in [0.3, 0.4) is 0 Å². The number of ether oxygens (including phenoxy) is 1. The number of carbonyl (C=O) groups excluding carboxylic acids is 1. The van der Waals surface area contributed by atoms with Gasteiger partial charge in [0.25, 0.3) is 0 Å². The minimum atomic E-state index is -0.499. The van der Waals surface area contributed by atoms with E-state index in [2.05, 4.69) is 16.4 Å². The Labute approximate surface area is 101 Å². The van der Waals surface area contributed by atoms with Crippen molar-refractivity contribution in [3.63, 3.8) is 0 Å². The number of nitrogens with zero attached hydrogens (tertiary/aromatic N) is 1. The lowest BCUT2D eigenvalue weighted by Gasteiger charge is -2.19. The third kappa shape index (κ3) is 3.06. The number of amides is 1. The van der Waals surface area contributed by atoms with Gasteiger partial charge in [0.2, 0.25) is 0 Å². The smallest absolute Gasteiger partial charge is 0.413 e. The highest BCUT2D eigenvalue weighted by atomic mass is 16.6. The summed E-state index contributed by atoms with van der Waals surface area (Å²) in [6.45, 7) is 5.47. The summed E-state index contributed by atoms with van der Waals surface area (Å²) in [5, 5.41) is 2.62. The van der Waals surface area contributed by atoms with Gasteiger partial charge in [-0.15, -0.1) is 0 Å². The van der Waals surface area contributed by atoms with Crippen molar-refractivity contribution in [3.8, 4) is 0 Å². The Morgan fingerprint density at radius 2 is 2.24 bits per heavy atom. The first-order valence-electron chi connectivity index (χ1n) is 5.59. The van der Waals surface area contributed by atoms with Crippen molar-refractivity contribution in [2.75, 3.05) is 5.32 Å². The molecule has 17 heavy (non-hydrogen) atoms. The predicted molar refractivity (Wildman–Crippen MR) is 66.8 cm³/mol. The van der Waals surface area contributed by atoms with E-state index in [4.69, 9.17) is 4.74 Å². The highest BCUT2D eigenvalue weighted by Crippen LogP contribution is 2.21. The number of pyridine rings is 1. The average molecular weight is 232 g/mol. The number of hydrogen-bond donors (Lipinski definition) is 1. The van der Waals surface area contributed by atoms with E-state index in [1.807, 2.05) is 32.9 Å². The molecule has 2 rings (SSSR count). The Kier molecular flexibility index (Phi) is 2.88. The van der Waals surface area contributed by atoms with Crippen LogP contribution in [0.1, 0.15) is 31.9 Å². The second-order valence-corrected chi connectivity index (χ2v) is 5.00. The molecule has 4 nitrogen and oxygen atoms in total. The minimum absolute atomic E-state index is 0.480. The van der Waals surface area contributed by atoms with Crippen LogP contribution in [0.15, 0.2) is 18.3 Å². The van der Waals surface area contributed by atoms with Crippen LogP contribution in [0.25, 0.3) is 6.08 Å². The number of hydrogen-bond acceptors (Lipinski definition) is 3. The van der Waals surface area contributed by atoms with Crippen molar-refractivity contribution < 1.29 is 9.53 Å². The van der Waals surface area contributed by atoms with Gasteiger partial charge in [0.15, 0.2) is 0 Å². The first kappa shape index (κ1) is 11.6. The molecule has 0 aromatic carbocycles. The van der Waals surface area contributed by atoms with Gasteiger partial charge in [0.1, 0.15) is 11.4 Å². The van der Waals surface area contributed by atoms with Crippen molar-refractivity contribution in [2.45, 2.75) is 32.8 Å². The van der Waals surface area contributed by atoms with Crippen LogP contribution in [-0.2, 0) is 11.2 Å². The Morgan fingerprint density at radius 3 is 2.94 bits per heavy atom. The zero-order valence-corrected chi connectivity index (χ0v) is 10.3. The maximum atomic E-state index is 11.5. The second kappa shape index (κ2) is 4.20. The van der Waals surface area contributed by atoms with Gasteiger partial charge in [0, 0.05) is 6.20 Å². The molecule has 1 amide bonds. The van der Waals surface area contributed by atoms with E-state index in [9.17, 15) is 4.79 Å². The van der Waals surface area contributed by atoms with E-state index in [0.717, 1.165) is 12.0 Å². The van der Waals surface area contributed by atoms with E-state index >= 15 is 0 Å². The molecule has 0 atom stereocenters. The summed E-state index contributed by atoms with van der Waals surface area (Å²) < 4.78 is 5.15. The van der Waals surface area contributed by atoms with Gasteiger partial charge in [-0.25, -0.2) is 9.78 Å². The number of nitrogens with one attached hydrogen (secondary N) is 1. The largest absolute Gasteiger partial charge is 0.444 e. The number of anilines is 1. The zero-order chi connectivity index (χ0) is 12.5. The molecule has 4 heteroatoms. The molecule has 0 unspecified atom stereocenters. The maximum absolute atomic E-state index is 11.5. The van der Waals surface area contributed by atoms with Gasteiger partial charge in [-0.1, -0.05) is 12.2 Å². The molecule has 0 fully saturated rings. The average Bonchev–Trinajstić information content (AvgIpc) is 2.61. The Bertz CT molecular complexity index is 473. The van der Waals surface area contributed by atoms with Crippen LogP contribution in [0.5, 0.6) is 0 Å². The summed E-state index contributed by atoms with van der Waals surface area (Å²) in [4.78, 5) is 15.7. The van der Waals surface area contributed by atoms with E-state index in [1.165, 1.54) is 5.56 Å². The van der Waals surface area contributed by atoms with Crippen LogP contribution in [0.2, 0.25) is 0 Å². The monoisotopic (exact) mass is 232 g/mol. The lowest BCUT2D eigenvalue weighted by atomic mass is 10.2. The van der Waals surface area contributed by atoms with E-state index in [-0.39, 0.29) is 0 Å². The molecule has 0 saturated carbocycles. The minimum Gasteiger partial charge on any atom is -0.444 e.